The lowest BCUT2D eigenvalue weighted by atomic mass is 10.3. The van der Waals surface area contributed by atoms with E-state index in [0.29, 0.717) is 0 Å². The van der Waals surface area contributed by atoms with E-state index in [1.807, 2.05) is 0 Å². The highest BCUT2D eigenvalue weighted by Crippen LogP contribution is 2.24. The van der Waals surface area contributed by atoms with E-state index >= 15 is 0 Å². The molecule has 0 radical (unpaired) electrons. The second-order valence-electron chi connectivity index (χ2n) is 3.40. The Bertz CT molecular complexity index is 555. The maximum atomic E-state index is 11.9. The van der Waals surface area contributed by atoms with Gasteiger partial charge in [-0.3, -0.25) is 4.72 Å². The van der Waals surface area contributed by atoms with Crippen LogP contribution in [0.25, 0.3) is 0 Å². The van der Waals surface area contributed by atoms with E-state index in [4.69, 9.17) is 5.73 Å². The number of anilines is 1. The van der Waals surface area contributed by atoms with Crippen molar-refractivity contribution in [3.8, 4) is 5.75 Å². The second kappa shape index (κ2) is 5.61. The first-order chi connectivity index (χ1) is 8.57. The van der Waals surface area contributed by atoms with E-state index in [2.05, 4.69) is 21.7 Å². The Kier molecular flexibility index (Phi) is 4.58. The summed E-state index contributed by atoms with van der Waals surface area (Å²) in [5.41, 5.74) is 5.17. The zero-order chi connectivity index (χ0) is 14.7. The molecule has 1 aromatic carbocycles. The fourth-order valence-electron chi connectivity index (χ4n) is 1.13. The van der Waals surface area contributed by atoms with Gasteiger partial charge in [-0.2, -0.15) is 0 Å². The summed E-state index contributed by atoms with van der Waals surface area (Å²) >= 11 is 4.45. The van der Waals surface area contributed by atoms with Gasteiger partial charge < -0.3 is 10.5 Å². The van der Waals surface area contributed by atoms with Crippen LogP contribution in [0, 0.1) is 0 Å². The van der Waals surface area contributed by atoms with Crippen molar-refractivity contribution < 1.29 is 26.3 Å². The summed E-state index contributed by atoms with van der Waals surface area (Å²) in [6.45, 7) is 0. The van der Waals surface area contributed by atoms with Crippen molar-refractivity contribution in [2.45, 2.75) is 6.36 Å². The minimum Gasteiger partial charge on any atom is -0.406 e. The minimum absolute atomic E-state index is 0.0748. The van der Waals surface area contributed by atoms with Crippen molar-refractivity contribution in [1.29, 1.82) is 0 Å². The first kappa shape index (κ1) is 15.5. The smallest absolute Gasteiger partial charge is 0.406 e. The molecular formula is C9H9F3N2O3S2. The Morgan fingerprint density at radius 2 is 1.84 bits per heavy atom. The van der Waals surface area contributed by atoms with Crippen molar-refractivity contribution in [2.24, 2.45) is 5.73 Å². The van der Waals surface area contributed by atoms with Gasteiger partial charge in [0.15, 0.2) is 0 Å². The third kappa shape index (κ3) is 6.25. The van der Waals surface area contributed by atoms with Gasteiger partial charge in [0, 0.05) is 5.69 Å². The van der Waals surface area contributed by atoms with E-state index in [1.165, 1.54) is 0 Å². The second-order valence-corrected chi connectivity index (χ2v) is 5.65. The molecule has 106 valence electrons. The summed E-state index contributed by atoms with van der Waals surface area (Å²) < 4.78 is 64.3. The predicted octanol–water partition coefficient (Wildman–Crippen LogP) is 1.61. The summed E-state index contributed by atoms with van der Waals surface area (Å²) in [5, 5.41) is 0. The molecule has 0 bridgehead atoms. The first-order valence-corrected chi connectivity index (χ1v) is 6.78. The number of alkyl halides is 3. The van der Waals surface area contributed by atoms with Gasteiger partial charge >= 0.3 is 6.36 Å². The van der Waals surface area contributed by atoms with Crippen LogP contribution in [0.2, 0.25) is 0 Å². The largest absolute Gasteiger partial charge is 0.573 e. The van der Waals surface area contributed by atoms with Gasteiger partial charge in [-0.05, 0) is 24.3 Å². The number of sulfonamides is 1. The summed E-state index contributed by atoms with van der Waals surface area (Å²) in [6, 6.07) is 4.20. The molecule has 1 rings (SSSR count). The SMILES string of the molecule is NC(=S)CS(=O)(=O)Nc1ccc(OC(F)(F)F)cc1. The summed E-state index contributed by atoms with van der Waals surface area (Å²) in [4.78, 5) is -0.218. The van der Waals surface area contributed by atoms with Crippen molar-refractivity contribution >= 4 is 32.9 Å². The lowest BCUT2D eigenvalue weighted by molar-refractivity contribution is -0.274. The molecule has 19 heavy (non-hydrogen) atoms. The van der Waals surface area contributed by atoms with Crippen LogP contribution < -0.4 is 15.2 Å². The van der Waals surface area contributed by atoms with Gasteiger partial charge in [-0.25, -0.2) is 8.42 Å². The highest BCUT2D eigenvalue weighted by molar-refractivity contribution is 7.95. The lowest BCUT2D eigenvalue weighted by Gasteiger charge is -2.10. The molecule has 0 fully saturated rings. The van der Waals surface area contributed by atoms with E-state index in [1.54, 1.807) is 0 Å². The molecule has 0 aliphatic carbocycles. The molecule has 1 aromatic rings. The Hall–Kier alpha value is -1.55. The number of hydrogen-bond donors (Lipinski definition) is 2. The zero-order valence-corrected chi connectivity index (χ0v) is 10.9. The van der Waals surface area contributed by atoms with Crippen LogP contribution in [0.15, 0.2) is 24.3 Å². The van der Waals surface area contributed by atoms with Crippen LogP contribution in [-0.4, -0.2) is 25.5 Å². The van der Waals surface area contributed by atoms with Crippen LogP contribution in [0.1, 0.15) is 0 Å². The number of rotatable bonds is 5. The molecule has 0 amide bonds. The van der Waals surface area contributed by atoms with Crippen molar-refractivity contribution in [3.05, 3.63) is 24.3 Å². The van der Waals surface area contributed by atoms with Crippen LogP contribution in [-0.2, 0) is 10.0 Å². The quantitative estimate of drug-likeness (QED) is 0.807. The lowest BCUT2D eigenvalue weighted by Crippen LogP contribution is -2.26. The summed E-state index contributed by atoms with van der Waals surface area (Å²) in [6.07, 6.45) is -4.80. The standard InChI is InChI=1S/C9H9F3N2O3S2/c10-9(11,12)17-7-3-1-6(2-4-7)14-19(15,16)5-8(13)18/h1-4,14H,5H2,(H2,13,18). The number of ether oxygens (including phenoxy) is 1. The molecule has 0 spiro atoms. The topological polar surface area (TPSA) is 81.4 Å². The summed E-state index contributed by atoms with van der Waals surface area (Å²) in [5.74, 6) is -1.01. The third-order valence-electron chi connectivity index (χ3n) is 1.69. The van der Waals surface area contributed by atoms with Crippen LogP contribution in [0.5, 0.6) is 5.75 Å². The number of benzene rings is 1. The Morgan fingerprint density at radius 3 is 2.26 bits per heavy atom. The molecular weight excluding hydrogens is 305 g/mol. The Labute approximate surface area is 112 Å². The number of nitrogens with two attached hydrogens (primary N) is 1. The number of nitrogens with one attached hydrogen (secondary N) is 1. The Balaban J connectivity index is 2.75. The molecule has 0 heterocycles. The average molecular weight is 314 g/mol. The van der Waals surface area contributed by atoms with Crippen LogP contribution in [0.4, 0.5) is 18.9 Å². The van der Waals surface area contributed by atoms with Gasteiger partial charge in [0.2, 0.25) is 10.0 Å². The van der Waals surface area contributed by atoms with Crippen molar-refractivity contribution in [1.82, 2.24) is 0 Å². The zero-order valence-electron chi connectivity index (χ0n) is 9.27. The number of hydrogen-bond acceptors (Lipinski definition) is 4. The molecule has 5 nitrogen and oxygen atoms in total. The number of thiocarbonyl (C=S) groups is 1. The monoisotopic (exact) mass is 314 g/mol. The van der Waals surface area contributed by atoms with E-state index in [9.17, 15) is 21.6 Å². The average Bonchev–Trinajstić information content (AvgIpc) is 2.16. The molecule has 0 atom stereocenters. The fourth-order valence-corrected chi connectivity index (χ4v) is 2.53. The van der Waals surface area contributed by atoms with Crippen LogP contribution in [0.3, 0.4) is 0 Å². The maximum Gasteiger partial charge on any atom is 0.573 e. The van der Waals surface area contributed by atoms with Gasteiger partial charge in [0.05, 0.1) is 4.99 Å². The highest BCUT2D eigenvalue weighted by atomic mass is 32.2. The highest BCUT2D eigenvalue weighted by Gasteiger charge is 2.30. The molecule has 0 aliphatic rings. The number of halogens is 3. The van der Waals surface area contributed by atoms with Gasteiger partial charge in [-0.1, -0.05) is 12.2 Å². The maximum absolute atomic E-state index is 11.9. The predicted molar refractivity (Wildman–Crippen MR) is 67.3 cm³/mol. The molecule has 10 heteroatoms. The van der Waals surface area contributed by atoms with Crippen molar-refractivity contribution in [3.63, 3.8) is 0 Å². The van der Waals surface area contributed by atoms with Gasteiger partial charge in [-0.15, -0.1) is 13.2 Å². The normalized spacial score (nSPS) is 11.9. The molecule has 3 N–H and O–H groups in total. The third-order valence-corrected chi connectivity index (χ3v) is 3.26. The molecule has 0 aliphatic heterocycles. The molecule has 0 aromatic heterocycles. The van der Waals surface area contributed by atoms with Crippen LogP contribution >= 0.6 is 12.2 Å². The molecule has 0 saturated carbocycles. The van der Waals surface area contributed by atoms with E-state index in [0.717, 1.165) is 24.3 Å². The minimum atomic E-state index is -4.80. The van der Waals surface area contributed by atoms with Gasteiger partial charge in [0.25, 0.3) is 0 Å². The van der Waals surface area contributed by atoms with Crippen molar-refractivity contribution in [2.75, 3.05) is 10.5 Å². The fraction of sp³-hybridized carbons (Fsp3) is 0.222. The van der Waals surface area contributed by atoms with Gasteiger partial charge in [0.1, 0.15) is 11.5 Å². The molecule has 0 unspecified atom stereocenters. The summed E-state index contributed by atoms with van der Waals surface area (Å²) in [7, 11) is -3.76. The molecule has 0 saturated heterocycles. The van der Waals surface area contributed by atoms with E-state index < -0.39 is 27.9 Å². The first-order valence-electron chi connectivity index (χ1n) is 4.72. The Morgan fingerprint density at radius 1 is 1.32 bits per heavy atom. The van der Waals surface area contributed by atoms with E-state index in [-0.39, 0.29) is 10.7 Å².